The van der Waals surface area contributed by atoms with Gasteiger partial charge in [0, 0.05) is 57.9 Å². The molecular formula is C24H29N5O3. The molecule has 1 atom stereocenters. The minimum absolute atomic E-state index is 0.00368. The van der Waals surface area contributed by atoms with Crippen LogP contribution in [-0.4, -0.2) is 64.4 Å². The molecule has 168 valence electrons. The summed E-state index contributed by atoms with van der Waals surface area (Å²) < 4.78 is 6.85. The van der Waals surface area contributed by atoms with Crippen molar-refractivity contribution in [2.45, 2.75) is 19.5 Å². The van der Waals surface area contributed by atoms with Gasteiger partial charge in [-0.25, -0.2) is 4.98 Å². The van der Waals surface area contributed by atoms with Gasteiger partial charge in [-0.1, -0.05) is 12.1 Å². The van der Waals surface area contributed by atoms with Crippen molar-refractivity contribution in [3.05, 3.63) is 82.2 Å². The lowest BCUT2D eigenvalue weighted by Crippen LogP contribution is -2.49. The third kappa shape index (κ3) is 4.51. The normalized spacial score (nSPS) is 15.6. The van der Waals surface area contributed by atoms with Crippen molar-refractivity contribution in [2.75, 3.05) is 44.8 Å². The van der Waals surface area contributed by atoms with Crippen LogP contribution in [0.2, 0.25) is 0 Å². The van der Waals surface area contributed by atoms with Gasteiger partial charge in [0.05, 0.1) is 23.9 Å². The summed E-state index contributed by atoms with van der Waals surface area (Å²) in [5, 5.41) is 10.9. The minimum Gasteiger partial charge on any atom is -0.507 e. The highest BCUT2D eigenvalue weighted by Crippen LogP contribution is 2.32. The highest BCUT2D eigenvalue weighted by molar-refractivity contribution is 5.41. The van der Waals surface area contributed by atoms with Gasteiger partial charge < -0.3 is 19.3 Å². The fourth-order valence-corrected chi connectivity index (χ4v) is 4.29. The molecule has 0 spiro atoms. The summed E-state index contributed by atoms with van der Waals surface area (Å²) in [7, 11) is 1.61. The second-order valence-corrected chi connectivity index (χ2v) is 7.90. The molecule has 1 aliphatic rings. The highest BCUT2D eigenvalue weighted by Gasteiger charge is 2.32. The molecule has 0 bridgehead atoms. The Morgan fingerprint density at radius 1 is 1.06 bits per heavy atom. The van der Waals surface area contributed by atoms with Gasteiger partial charge in [-0.05, 0) is 37.3 Å². The third-order valence-corrected chi connectivity index (χ3v) is 5.94. The molecular weight excluding hydrogens is 406 g/mol. The predicted octanol–water partition coefficient (Wildman–Crippen LogP) is 2.21. The van der Waals surface area contributed by atoms with Crippen LogP contribution in [0.15, 0.2) is 59.7 Å². The Morgan fingerprint density at radius 3 is 2.41 bits per heavy atom. The number of piperazine rings is 1. The van der Waals surface area contributed by atoms with E-state index in [9.17, 15) is 9.90 Å². The van der Waals surface area contributed by atoms with Crippen molar-refractivity contribution in [3.63, 3.8) is 0 Å². The molecule has 0 radical (unpaired) electrons. The number of aromatic hydroxyl groups is 1. The van der Waals surface area contributed by atoms with Gasteiger partial charge in [0.15, 0.2) is 0 Å². The second-order valence-electron chi connectivity index (χ2n) is 7.90. The number of aryl methyl sites for hydroxylation is 1. The summed E-state index contributed by atoms with van der Waals surface area (Å²) in [6, 6.07) is 12.8. The van der Waals surface area contributed by atoms with Crippen LogP contribution in [0.5, 0.6) is 5.75 Å². The fraction of sp³-hybridized carbons (Fsp3) is 0.375. The van der Waals surface area contributed by atoms with Crippen LogP contribution in [0, 0.1) is 6.92 Å². The van der Waals surface area contributed by atoms with Crippen molar-refractivity contribution >= 4 is 5.82 Å². The van der Waals surface area contributed by atoms with Gasteiger partial charge in [0.25, 0.3) is 5.56 Å². The summed E-state index contributed by atoms with van der Waals surface area (Å²) in [6.07, 6.45) is 3.52. The van der Waals surface area contributed by atoms with Crippen LogP contribution in [0.3, 0.4) is 0 Å². The Morgan fingerprint density at radius 2 is 1.78 bits per heavy atom. The molecule has 8 heteroatoms. The van der Waals surface area contributed by atoms with E-state index < -0.39 is 6.04 Å². The van der Waals surface area contributed by atoms with Crippen molar-refractivity contribution < 1.29 is 9.84 Å². The molecule has 32 heavy (non-hydrogen) atoms. The van der Waals surface area contributed by atoms with E-state index in [-0.39, 0.29) is 11.3 Å². The SMILES string of the molecule is COCCn1c(C)cc(O)c([C@@H](c2ccccn2)N2CCN(c3ccccn3)CC2)c1=O. The molecule has 1 aliphatic heterocycles. The molecule has 0 amide bonds. The largest absolute Gasteiger partial charge is 0.507 e. The smallest absolute Gasteiger partial charge is 0.259 e. The molecule has 1 N–H and O–H groups in total. The van der Waals surface area contributed by atoms with Crippen molar-refractivity contribution in [3.8, 4) is 5.75 Å². The standard InChI is InChI=1S/C24H29N5O3/c1-18-17-20(30)22(24(31)29(18)15-16-32-2)23(19-7-3-5-9-25-19)28-13-11-27(12-14-28)21-8-4-6-10-26-21/h3-10,17,23,30H,11-16H2,1-2H3/t23-/m1/s1. The van der Waals surface area contributed by atoms with Gasteiger partial charge in [0.1, 0.15) is 11.6 Å². The van der Waals surface area contributed by atoms with E-state index in [0.717, 1.165) is 24.6 Å². The average molecular weight is 436 g/mol. The Kier molecular flexibility index (Phi) is 6.82. The summed E-state index contributed by atoms with van der Waals surface area (Å²) in [4.78, 5) is 27.0. The molecule has 1 fully saturated rings. The number of aromatic nitrogens is 3. The molecule has 1 saturated heterocycles. The number of anilines is 1. The average Bonchev–Trinajstić information content (AvgIpc) is 2.83. The van der Waals surface area contributed by atoms with Crippen molar-refractivity contribution in [2.24, 2.45) is 0 Å². The van der Waals surface area contributed by atoms with Gasteiger partial charge in [-0.2, -0.15) is 0 Å². The zero-order valence-corrected chi connectivity index (χ0v) is 18.5. The van der Waals surface area contributed by atoms with Crippen LogP contribution in [0.4, 0.5) is 5.82 Å². The third-order valence-electron chi connectivity index (χ3n) is 5.94. The van der Waals surface area contributed by atoms with E-state index in [0.29, 0.717) is 37.5 Å². The topological polar surface area (TPSA) is 83.7 Å². The molecule has 3 aromatic rings. The number of rotatable bonds is 7. The maximum atomic E-state index is 13.5. The molecule has 4 heterocycles. The zero-order chi connectivity index (χ0) is 22.5. The Labute approximate surface area is 187 Å². The summed E-state index contributed by atoms with van der Waals surface area (Å²) in [5.41, 5.74) is 1.60. The van der Waals surface area contributed by atoms with Gasteiger partial charge in [0.2, 0.25) is 0 Å². The van der Waals surface area contributed by atoms with E-state index in [1.54, 1.807) is 30.1 Å². The van der Waals surface area contributed by atoms with Crippen LogP contribution in [-0.2, 0) is 11.3 Å². The molecule has 0 aromatic carbocycles. The fourth-order valence-electron chi connectivity index (χ4n) is 4.29. The molecule has 8 nitrogen and oxygen atoms in total. The van der Waals surface area contributed by atoms with Gasteiger partial charge in [-0.3, -0.25) is 14.7 Å². The number of ether oxygens (including phenoxy) is 1. The number of methoxy groups -OCH3 is 1. The van der Waals surface area contributed by atoms with E-state index >= 15 is 0 Å². The summed E-state index contributed by atoms with van der Waals surface area (Å²) in [5.74, 6) is 0.950. The highest BCUT2D eigenvalue weighted by atomic mass is 16.5. The summed E-state index contributed by atoms with van der Waals surface area (Å²) >= 11 is 0. The maximum absolute atomic E-state index is 13.5. The van der Waals surface area contributed by atoms with Crippen molar-refractivity contribution in [1.29, 1.82) is 0 Å². The van der Waals surface area contributed by atoms with E-state index in [1.807, 2.05) is 43.3 Å². The lowest BCUT2D eigenvalue weighted by atomic mass is 10.00. The maximum Gasteiger partial charge on any atom is 0.259 e. The van der Waals surface area contributed by atoms with Crippen molar-refractivity contribution in [1.82, 2.24) is 19.4 Å². The Bertz CT molecular complexity index is 1080. The molecule has 0 saturated carbocycles. The number of hydrogen-bond donors (Lipinski definition) is 1. The molecule has 0 aliphatic carbocycles. The van der Waals surface area contributed by atoms with Crippen LogP contribution in [0.1, 0.15) is 23.0 Å². The number of nitrogens with zero attached hydrogens (tertiary/aromatic N) is 5. The van der Waals surface area contributed by atoms with Gasteiger partial charge >= 0.3 is 0 Å². The van der Waals surface area contributed by atoms with Gasteiger partial charge in [-0.15, -0.1) is 0 Å². The lowest BCUT2D eigenvalue weighted by Gasteiger charge is -2.39. The first-order chi connectivity index (χ1) is 15.6. The second kappa shape index (κ2) is 9.93. The number of pyridine rings is 3. The predicted molar refractivity (Wildman–Crippen MR) is 123 cm³/mol. The number of hydrogen-bond acceptors (Lipinski definition) is 7. The van der Waals surface area contributed by atoms with E-state index in [2.05, 4.69) is 19.8 Å². The zero-order valence-electron chi connectivity index (χ0n) is 18.5. The Balaban J connectivity index is 1.70. The molecule has 3 aromatic heterocycles. The van der Waals surface area contributed by atoms with Crippen LogP contribution < -0.4 is 10.5 Å². The van der Waals surface area contributed by atoms with Crippen LogP contribution >= 0.6 is 0 Å². The van der Waals surface area contributed by atoms with E-state index in [1.165, 1.54) is 0 Å². The summed E-state index contributed by atoms with van der Waals surface area (Å²) in [6.45, 7) is 5.63. The molecule has 0 unspecified atom stereocenters. The lowest BCUT2D eigenvalue weighted by molar-refractivity contribution is 0.183. The monoisotopic (exact) mass is 435 g/mol. The quantitative estimate of drug-likeness (QED) is 0.609. The molecule has 4 rings (SSSR count). The first-order valence-corrected chi connectivity index (χ1v) is 10.8. The van der Waals surface area contributed by atoms with Crippen LogP contribution in [0.25, 0.3) is 0 Å². The first-order valence-electron chi connectivity index (χ1n) is 10.8. The Hall–Kier alpha value is -3.23. The first kappa shape index (κ1) is 22.0. The van der Waals surface area contributed by atoms with E-state index in [4.69, 9.17) is 4.74 Å². The minimum atomic E-state index is -0.441.